The van der Waals surface area contributed by atoms with Gasteiger partial charge in [0.1, 0.15) is 5.69 Å². The molecule has 0 atom stereocenters. The number of aromatic nitrogens is 2. The van der Waals surface area contributed by atoms with Crippen molar-refractivity contribution in [3.05, 3.63) is 53.3 Å². The molecule has 0 saturated heterocycles. The third-order valence-corrected chi connectivity index (χ3v) is 4.57. The first-order valence-electron chi connectivity index (χ1n) is 9.15. The van der Waals surface area contributed by atoms with Crippen LogP contribution in [0.4, 0.5) is 5.95 Å². The Bertz CT molecular complexity index is 696. The molecule has 5 nitrogen and oxygen atoms in total. The largest absolute Gasteiger partial charge is 0.354 e. The number of benzene rings is 1. The molecular formula is C20H26N4O. The zero-order valence-electron chi connectivity index (χ0n) is 14.8. The summed E-state index contributed by atoms with van der Waals surface area (Å²) in [6.45, 7) is 2.62. The predicted molar refractivity (Wildman–Crippen MR) is 99.7 cm³/mol. The zero-order chi connectivity index (χ0) is 17.5. The molecule has 1 amide bonds. The fourth-order valence-electron chi connectivity index (χ4n) is 3.23. The summed E-state index contributed by atoms with van der Waals surface area (Å²) in [5.74, 6) is 0.424. The average Bonchev–Trinajstić information content (AvgIpc) is 2.63. The van der Waals surface area contributed by atoms with Gasteiger partial charge in [0, 0.05) is 18.3 Å². The standard InChI is InChI=1S/C20H26N4O/c1-15-14-18(19(25)23-17-10-6-3-7-11-17)24-20(22-15)21-13-12-16-8-4-2-5-9-16/h2,4-5,8-9,14,17H,3,6-7,10-13H2,1H3,(H,23,25)(H,21,22,24). The van der Waals surface area contributed by atoms with Gasteiger partial charge in [-0.25, -0.2) is 9.97 Å². The first kappa shape index (κ1) is 17.4. The molecule has 0 radical (unpaired) electrons. The molecule has 132 valence electrons. The lowest BCUT2D eigenvalue weighted by Crippen LogP contribution is -2.36. The molecule has 0 unspecified atom stereocenters. The summed E-state index contributed by atoms with van der Waals surface area (Å²) < 4.78 is 0. The van der Waals surface area contributed by atoms with E-state index in [4.69, 9.17) is 0 Å². The molecule has 1 aromatic heterocycles. The van der Waals surface area contributed by atoms with Crippen LogP contribution in [0.3, 0.4) is 0 Å². The molecule has 1 saturated carbocycles. The minimum Gasteiger partial charge on any atom is -0.354 e. The molecule has 1 aromatic carbocycles. The van der Waals surface area contributed by atoms with Crippen LogP contribution >= 0.6 is 0 Å². The van der Waals surface area contributed by atoms with Crippen LogP contribution in [0.5, 0.6) is 0 Å². The van der Waals surface area contributed by atoms with Crippen LogP contribution in [0.1, 0.15) is 53.8 Å². The van der Waals surface area contributed by atoms with Crippen molar-refractivity contribution in [1.82, 2.24) is 15.3 Å². The Hall–Kier alpha value is -2.43. The van der Waals surface area contributed by atoms with Crippen molar-refractivity contribution in [2.45, 2.75) is 51.5 Å². The van der Waals surface area contributed by atoms with Gasteiger partial charge in [-0.3, -0.25) is 4.79 Å². The van der Waals surface area contributed by atoms with Crippen LogP contribution in [0.15, 0.2) is 36.4 Å². The van der Waals surface area contributed by atoms with Crippen molar-refractivity contribution in [1.29, 1.82) is 0 Å². The summed E-state index contributed by atoms with van der Waals surface area (Å²) in [5.41, 5.74) is 2.50. The van der Waals surface area contributed by atoms with E-state index in [1.54, 1.807) is 6.07 Å². The van der Waals surface area contributed by atoms with E-state index in [0.29, 0.717) is 11.6 Å². The molecule has 25 heavy (non-hydrogen) atoms. The monoisotopic (exact) mass is 338 g/mol. The quantitative estimate of drug-likeness (QED) is 0.846. The van der Waals surface area contributed by atoms with Gasteiger partial charge in [0.05, 0.1) is 0 Å². The van der Waals surface area contributed by atoms with E-state index in [-0.39, 0.29) is 11.9 Å². The molecule has 1 fully saturated rings. The first-order valence-corrected chi connectivity index (χ1v) is 9.15. The summed E-state index contributed by atoms with van der Waals surface area (Å²) >= 11 is 0. The van der Waals surface area contributed by atoms with Gasteiger partial charge < -0.3 is 10.6 Å². The third kappa shape index (κ3) is 5.28. The van der Waals surface area contributed by atoms with E-state index in [1.165, 1.54) is 24.8 Å². The molecule has 0 spiro atoms. The molecule has 2 aromatic rings. The Morgan fingerprint density at radius 3 is 2.64 bits per heavy atom. The topological polar surface area (TPSA) is 66.9 Å². The van der Waals surface area contributed by atoms with E-state index in [9.17, 15) is 4.79 Å². The Labute approximate surface area is 149 Å². The normalized spacial score (nSPS) is 14.9. The second-order valence-corrected chi connectivity index (χ2v) is 6.69. The van der Waals surface area contributed by atoms with Crippen molar-refractivity contribution in [3.63, 3.8) is 0 Å². The number of rotatable bonds is 6. The fraction of sp³-hybridized carbons (Fsp3) is 0.450. The van der Waals surface area contributed by atoms with Crippen molar-refractivity contribution >= 4 is 11.9 Å². The number of carbonyl (C=O) groups is 1. The lowest BCUT2D eigenvalue weighted by Gasteiger charge is -2.22. The van der Waals surface area contributed by atoms with Crippen molar-refractivity contribution in [2.75, 3.05) is 11.9 Å². The lowest BCUT2D eigenvalue weighted by atomic mass is 9.95. The van der Waals surface area contributed by atoms with E-state index < -0.39 is 0 Å². The van der Waals surface area contributed by atoms with Crippen LogP contribution in [0, 0.1) is 6.92 Å². The maximum atomic E-state index is 12.5. The average molecular weight is 338 g/mol. The Balaban J connectivity index is 1.58. The zero-order valence-corrected chi connectivity index (χ0v) is 14.8. The fourth-order valence-corrected chi connectivity index (χ4v) is 3.23. The maximum Gasteiger partial charge on any atom is 0.270 e. The third-order valence-electron chi connectivity index (χ3n) is 4.57. The molecule has 1 aliphatic rings. The summed E-state index contributed by atoms with van der Waals surface area (Å²) in [4.78, 5) is 21.3. The molecular weight excluding hydrogens is 312 g/mol. The molecule has 1 heterocycles. The highest BCUT2D eigenvalue weighted by molar-refractivity contribution is 5.92. The van der Waals surface area contributed by atoms with Crippen LogP contribution in [0.2, 0.25) is 0 Å². The van der Waals surface area contributed by atoms with Crippen molar-refractivity contribution in [3.8, 4) is 0 Å². The van der Waals surface area contributed by atoms with E-state index in [0.717, 1.165) is 31.5 Å². The second kappa shape index (κ2) is 8.60. The second-order valence-electron chi connectivity index (χ2n) is 6.69. The highest BCUT2D eigenvalue weighted by atomic mass is 16.1. The van der Waals surface area contributed by atoms with Gasteiger partial charge in [-0.15, -0.1) is 0 Å². The summed E-state index contributed by atoms with van der Waals surface area (Å²) in [6.07, 6.45) is 6.69. The van der Waals surface area contributed by atoms with Crippen LogP contribution in [-0.4, -0.2) is 28.5 Å². The first-order chi connectivity index (χ1) is 12.2. The summed E-state index contributed by atoms with van der Waals surface area (Å²) in [5, 5.41) is 6.35. The lowest BCUT2D eigenvalue weighted by molar-refractivity contribution is 0.0922. The van der Waals surface area contributed by atoms with Crippen LogP contribution in [0.25, 0.3) is 0 Å². The Morgan fingerprint density at radius 2 is 1.88 bits per heavy atom. The number of hydrogen-bond acceptors (Lipinski definition) is 4. The van der Waals surface area contributed by atoms with Gasteiger partial charge in [0.15, 0.2) is 0 Å². The number of aryl methyl sites for hydroxylation is 1. The number of hydrogen-bond donors (Lipinski definition) is 2. The minimum absolute atomic E-state index is 0.0940. The SMILES string of the molecule is Cc1cc(C(=O)NC2CCCCC2)nc(NCCc2ccccc2)n1. The Morgan fingerprint density at radius 1 is 1.12 bits per heavy atom. The van der Waals surface area contributed by atoms with Gasteiger partial charge in [0.2, 0.25) is 5.95 Å². The smallest absolute Gasteiger partial charge is 0.270 e. The highest BCUT2D eigenvalue weighted by Gasteiger charge is 2.18. The minimum atomic E-state index is -0.0940. The van der Waals surface area contributed by atoms with Gasteiger partial charge in [-0.2, -0.15) is 0 Å². The Kier molecular flexibility index (Phi) is 5.99. The number of nitrogens with one attached hydrogen (secondary N) is 2. The van der Waals surface area contributed by atoms with E-state index in [2.05, 4.69) is 32.7 Å². The number of carbonyl (C=O) groups excluding carboxylic acids is 1. The molecule has 0 aliphatic heterocycles. The summed E-state index contributed by atoms with van der Waals surface area (Å²) in [6, 6.07) is 12.3. The van der Waals surface area contributed by atoms with Gasteiger partial charge >= 0.3 is 0 Å². The highest BCUT2D eigenvalue weighted by Crippen LogP contribution is 2.18. The maximum absolute atomic E-state index is 12.5. The number of nitrogens with zero attached hydrogens (tertiary/aromatic N) is 2. The van der Waals surface area contributed by atoms with Crippen LogP contribution < -0.4 is 10.6 Å². The number of anilines is 1. The van der Waals surface area contributed by atoms with Crippen LogP contribution in [-0.2, 0) is 6.42 Å². The van der Waals surface area contributed by atoms with Gasteiger partial charge in [-0.05, 0) is 37.8 Å². The molecule has 5 heteroatoms. The van der Waals surface area contributed by atoms with Gasteiger partial charge in [-0.1, -0.05) is 49.6 Å². The molecule has 0 bridgehead atoms. The van der Waals surface area contributed by atoms with E-state index in [1.807, 2.05) is 25.1 Å². The summed E-state index contributed by atoms with van der Waals surface area (Å²) in [7, 11) is 0. The van der Waals surface area contributed by atoms with E-state index >= 15 is 0 Å². The van der Waals surface area contributed by atoms with Crippen molar-refractivity contribution in [2.24, 2.45) is 0 Å². The van der Waals surface area contributed by atoms with Crippen molar-refractivity contribution < 1.29 is 4.79 Å². The predicted octanol–water partition coefficient (Wildman–Crippen LogP) is 3.50. The number of amides is 1. The molecule has 3 rings (SSSR count). The van der Waals surface area contributed by atoms with Gasteiger partial charge in [0.25, 0.3) is 5.91 Å². The molecule has 2 N–H and O–H groups in total. The molecule has 1 aliphatic carbocycles.